The molecule has 0 N–H and O–H groups in total. The first-order chi connectivity index (χ1) is 8.72. The maximum atomic E-state index is 10.9. The maximum Gasteiger partial charge on any atom is 0.273 e. The highest BCUT2D eigenvalue weighted by atomic mass is 35.5. The van der Waals surface area contributed by atoms with Crippen LogP contribution in [0.2, 0.25) is 0 Å². The van der Waals surface area contributed by atoms with Gasteiger partial charge in [-0.15, -0.1) is 11.6 Å². The molecule has 1 saturated heterocycles. The summed E-state index contributed by atoms with van der Waals surface area (Å²) in [6, 6.07) is 5.23. The first kappa shape index (κ1) is 13.5. The van der Waals surface area contributed by atoms with E-state index in [-0.39, 0.29) is 16.5 Å². The van der Waals surface area contributed by atoms with Crippen molar-refractivity contribution in [2.24, 2.45) is 0 Å². The molecular weight excluding hydrogens is 272 g/mol. The molecule has 0 aromatic heterocycles. The van der Waals surface area contributed by atoms with Gasteiger partial charge in [0.1, 0.15) is 0 Å². The topological polar surface area (TPSA) is 46.4 Å². The Labute approximate surface area is 115 Å². The molecule has 1 aliphatic rings. The summed E-state index contributed by atoms with van der Waals surface area (Å²) in [7, 11) is 0. The van der Waals surface area contributed by atoms with E-state index in [4.69, 9.17) is 11.6 Å². The maximum absolute atomic E-state index is 10.9. The number of hydrogen-bond donors (Lipinski definition) is 0. The summed E-state index contributed by atoms with van der Waals surface area (Å²) in [5.41, 5.74) is 1.74. The van der Waals surface area contributed by atoms with Gasteiger partial charge in [-0.2, -0.15) is 11.8 Å². The number of nitro benzene ring substituents is 1. The third-order valence-electron chi connectivity index (χ3n) is 2.99. The Hall–Kier alpha value is -0.940. The first-order valence-electron chi connectivity index (χ1n) is 5.88. The number of alkyl halides is 1. The minimum Gasteiger partial charge on any atom is -0.371 e. The fourth-order valence-electron chi connectivity index (χ4n) is 2.06. The molecule has 2 rings (SSSR count). The van der Waals surface area contributed by atoms with Gasteiger partial charge in [-0.1, -0.05) is 0 Å². The van der Waals surface area contributed by atoms with E-state index in [2.05, 4.69) is 4.90 Å². The van der Waals surface area contributed by atoms with Crippen molar-refractivity contribution < 1.29 is 4.92 Å². The van der Waals surface area contributed by atoms with E-state index in [9.17, 15) is 10.1 Å². The molecule has 18 heavy (non-hydrogen) atoms. The van der Waals surface area contributed by atoms with Crippen molar-refractivity contribution >= 4 is 34.7 Å². The minimum atomic E-state index is -0.375. The van der Waals surface area contributed by atoms with Gasteiger partial charge in [0.05, 0.1) is 10.8 Å². The van der Waals surface area contributed by atoms with Crippen LogP contribution >= 0.6 is 23.4 Å². The highest BCUT2D eigenvalue weighted by Gasteiger charge is 2.16. The van der Waals surface area contributed by atoms with Gasteiger partial charge in [-0.25, -0.2) is 0 Å². The summed E-state index contributed by atoms with van der Waals surface area (Å²) < 4.78 is 0. The average Bonchev–Trinajstić information content (AvgIpc) is 2.66. The van der Waals surface area contributed by atoms with E-state index in [0.717, 1.165) is 31.0 Å². The molecule has 0 bridgehead atoms. The van der Waals surface area contributed by atoms with Gasteiger partial charge in [0.2, 0.25) is 0 Å². The average molecular weight is 287 g/mol. The van der Waals surface area contributed by atoms with E-state index in [1.807, 2.05) is 23.9 Å². The second-order valence-corrected chi connectivity index (χ2v) is 5.65. The predicted molar refractivity (Wildman–Crippen MR) is 76.8 cm³/mol. The molecule has 98 valence electrons. The fourth-order valence-corrected chi connectivity index (χ4v) is 3.16. The Bertz CT molecular complexity index is 434. The van der Waals surface area contributed by atoms with Crippen LogP contribution in [-0.2, 0) is 5.88 Å². The quantitative estimate of drug-likeness (QED) is 0.486. The zero-order valence-electron chi connectivity index (χ0n) is 9.97. The SMILES string of the molecule is O=[N+]([O-])c1ccc(N2CCCSCC2)cc1CCl. The summed E-state index contributed by atoms with van der Waals surface area (Å²) in [6.07, 6.45) is 1.15. The van der Waals surface area contributed by atoms with Gasteiger partial charge in [0, 0.05) is 36.2 Å². The molecule has 1 heterocycles. The molecule has 0 spiro atoms. The third kappa shape index (κ3) is 3.09. The van der Waals surface area contributed by atoms with Crippen LogP contribution in [0, 0.1) is 10.1 Å². The van der Waals surface area contributed by atoms with Crippen LogP contribution in [0.25, 0.3) is 0 Å². The standard InChI is InChI=1S/C12H15ClN2O2S/c13-9-10-8-11(2-3-12(10)15(16)17)14-4-1-6-18-7-5-14/h2-3,8H,1,4-7,9H2. The minimum absolute atomic E-state index is 0.109. The molecule has 0 radical (unpaired) electrons. The summed E-state index contributed by atoms with van der Waals surface area (Å²) >= 11 is 7.75. The third-order valence-corrected chi connectivity index (χ3v) is 4.33. The smallest absolute Gasteiger partial charge is 0.273 e. The van der Waals surface area contributed by atoms with Gasteiger partial charge in [-0.05, 0) is 24.3 Å². The van der Waals surface area contributed by atoms with Crippen LogP contribution in [0.4, 0.5) is 11.4 Å². The normalized spacial score (nSPS) is 16.4. The Morgan fingerprint density at radius 3 is 2.94 bits per heavy atom. The van der Waals surface area contributed by atoms with Crippen molar-refractivity contribution in [3.05, 3.63) is 33.9 Å². The number of halogens is 1. The summed E-state index contributed by atoms with van der Waals surface area (Å²) in [4.78, 5) is 12.8. The van der Waals surface area contributed by atoms with Gasteiger partial charge in [0.25, 0.3) is 5.69 Å². The predicted octanol–water partition coefficient (Wildman–Crippen LogP) is 3.28. The van der Waals surface area contributed by atoms with Crippen molar-refractivity contribution in [2.75, 3.05) is 29.5 Å². The lowest BCUT2D eigenvalue weighted by Crippen LogP contribution is -2.25. The van der Waals surface area contributed by atoms with Crippen molar-refractivity contribution in [3.63, 3.8) is 0 Å². The number of nitro groups is 1. The molecule has 1 aromatic carbocycles. The van der Waals surface area contributed by atoms with E-state index in [1.54, 1.807) is 6.07 Å². The van der Waals surface area contributed by atoms with Crippen LogP contribution in [0.15, 0.2) is 18.2 Å². The Morgan fingerprint density at radius 1 is 1.39 bits per heavy atom. The highest BCUT2D eigenvalue weighted by Crippen LogP contribution is 2.27. The summed E-state index contributed by atoms with van der Waals surface area (Å²) in [5.74, 6) is 2.46. The number of benzene rings is 1. The lowest BCUT2D eigenvalue weighted by molar-refractivity contribution is -0.385. The molecule has 1 aromatic rings. The van der Waals surface area contributed by atoms with E-state index < -0.39 is 0 Å². The fraction of sp³-hybridized carbons (Fsp3) is 0.500. The first-order valence-corrected chi connectivity index (χ1v) is 7.57. The molecule has 1 aliphatic heterocycles. The number of anilines is 1. The Kier molecular flexibility index (Phi) is 4.72. The lowest BCUT2D eigenvalue weighted by Gasteiger charge is -2.22. The van der Waals surface area contributed by atoms with Gasteiger partial charge in [-0.3, -0.25) is 10.1 Å². The van der Waals surface area contributed by atoms with Crippen LogP contribution in [0.5, 0.6) is 0 Å². The number of thioether (sulfide) groups is 1. The highest BCUT2D eigenvalue weighted by molar-refractivity contribution is 7.99. The van der Waals surface area contributed by atoms with Gasteiger partial charge < -0.3 is 4.90 Å². The molecule has 4 nitrogen and oxygen atoms in total. The van der Waals surface area contributed by atoms with Crippen molar-refractivity contribution in [1.29, 1.82) is 0 Å². The van der Waals surface area contributed by atoms with Crippen molar-refractivity contribution in [2.45, 2.75) is 12.3 Å². The van der Waals surface area contributed by atoms with Crippen LogP contribution < -0.4 is 4.90 Å². The second kappa shape index (κ2) is 6.29. The molecular formula is C12H15ClN2O2S. The number of rotatable bonds is 3. The summed E-state index contributed by atoms with van der Waals surface area (Å²) in [6.45, 7) is 2.00. The van der Waals surface area contributed by atoms with Crippen LogP contribution in [0.1, 0.15) is 12.0 Å². The molecule has 6 heteroatoms. The second-order valence-electron chi connectivity index (χ2n) is 4.16. The van der Waals surface area contributed by atoms with E-state index >= 15 is 0 Å². The lowest BCUT2D eigenvalue weighted by atomic mass is 10.1. The Morgan fingerprint density at radius 2 is 2.22 bits per heavy atom. The zero-order valence-corrected chi connectivity index (χ0v) is 11.5. The molecule has 0 aliphatic carbocycles. The van der Waals surface area contributed by atoms with Crippen LogP contribution in [0.3, 0.4) is 0 Å². The van der Waals surface area contributed by atoms with E-state index in [0.29, 0.717) is 5.56 Å². The van der Waals surface area contributed by atoms with E-state index in [1.165, 1.54) is 5.75 Å². The van der Waals surface area contributed by atoms with Crippen molar-refractivity contribution in [1.82, 2.24) is 0 Å². The molecule has 0 atom stereocenters. The molecule has 0 saturated carbocycles. The van der Waals surface area contributed by atoms with Gasteiger partial charge in [0.15, 0.2) is 0 Å². The molecule has 0 unspecified atom stereocenters. The largest absolute Gasteiger partial charge is 0.371 e. The van der Waals surface area contributed by atoms with Gasteiger partial charge >= 0.3 is 0 Å². The van der Waals surface area contributed by atoms with Crippen LogP contribution in [-0.4, -0.2) is 29.5 Å². The monoisotopic (exact) mass is 286 g/mol. The summed E-state index contributed by atoms with van der Waals surface area (Å²) in [5, 5.41) is 10.9. The number of nitrogens with zero attached hydrogens (tertiary/aromatic N) is 2. The Balaban J connectivity index is 2.25. The number of hydrogen-bond acceptors (Lipinski definition) is 4. The molecule has 0 amide bonds. The zero-order chi connectivity index (χ0) is 13.0. The van der Waals surface area contributed by atoms with Crippen molar-refractivity contribution in [3.8, 4) is 0 Å². The molecule has 1 fully saturated rings.